The minimum Gasteiger partial charge on any atom is -0.508 e. The van der Waals surface area contributed by atoms with Crippen LogP contribution in [0, 0.1) is 5.82 Å². The van der Waals surface area contributed by atoms with Gasteiger partial charge in [0.1, 0.15) is 11.6 Å². The molecule has 14 heavy (non-hydrogen) atoms. The Morgan fingerprint density at radius 2 is 2.07 bits per heavy atom. The first-order valence-electron chi connectivity index (χ1n) is 4.52. The summed E-state index contributed by atoms with van der Waals surface area (Å²) >= 11 is 0. The number of phenols is 1. The van der Waals surface area contributed by atoms with Crippen LogP contribution in [-0.4, -0.2) is 23.4 Å². The van der Waals surface area contributed by atoms with Gasteiger partial charge >= 0.3 is 0 Å². The third-order valence-corrected chi connectivity index (χ3v) is 1.78. The number of aromatic hydroxyl groups is 1. The summed E-state index contributed by atoms with van der Waals surface area (Å²) in [4.78, 5) is 0. The topological polar surface area (TPSA) is 52.5 Å². The molecule has 0 saturated heterocycles. The lowest BCUT2D eigenvalue weighted by Gasteiger charge is -2.04. The van der Waals surface area contributed by atoms with Gasteiger partial charge in [-0.2, -0.15) is 0 Å². The lowest BCUT2D eigenvalue weighted by atomic mass is 10.2. The summed E-state index contributed by atoms with van der Waals surface area (Å²) in [5, 5.41) is 20.6. The summed E-state index contributed by atoms with van der Waals surface area (Å²) in [6.07, 6.45) is 0.668. The van der Waals surface area contributed by atoms with Gasteiger partial charge in [-0.05, 0) is 30.7 Å². The van der Waals surface area contributed by atoms with Crippen LogP contribution in [0.25, 0.3) is 0 Å². The molecule has 1 rings (SSSR count). The Labute approximate surface area is 82.2 Å². The van der Waals surface area contributed by atoms with Crippen molar-refractivity contribution in [3.05, 3.63) is 29.6 Å². The molecule has 0 unspecified atom stereocenters. The lowest BCUT2D eigenvalue weighted by Crippen LogP contribution is -2.15. The number of rotatable bonds is 5. The van der Waals surface area contributed by atoms with Crippen molar-refractivity contribution in [3.63, 3.8) is 0 Å². The summed E-state index contributed by atoms with van der Waals surface area (Å²) in [7, 11) is 0. The van der Waals surface area contributed by atoms with E-state index in [4.69, 9.17) is 10.2 Å². The van der Waals surface area contributed by atoms with Gasteiger partial charge in [0.15, 0.2) is 0 Å². The molecule has 1 aromatic rings. The molecule has 3 N–H and O–H groups in total. The molecule has 0 heterocycles. The molecule has 4 heteroatoms. The van der Waals surface area contributed by atoms with Crippen molar-refractivity contribution in [1.82, 2.24) is 5.32 Å². The molecule has 0 bridgehead atoms. The van der Waals surface area contributed by atoms with Crippen molar-refractivity contribution in [2.24, 2.45) is 0 Å². The van der Waals surface area contributed by atoms with Crippen LogP contribution in [0.3, 0.4) is 0 Å². The number of hydrogen-bond donors (Lipinski definition) is 3. The molecule has 78 valence electrons. The highest BCUT2D eigenvalue weighted by Gasteiger charge is 1.98. The minimum atomic E-state index is -0.441. The van der Waals surface area contributed by atoms with E-state index in [9.17, 15) is 4.39 Å². The third kappa shape index (κ3) is 3.72. The van der Waals surface area contributed by atoms with Crippen LogP contribution in [0.1, 0.15) is 12.0 Å². The van der Waals surface area contributed by atoms with Crippen LogP contribution in [0.5, 0.6) is 5.75 Å². The summed E-state index contributed by atoms with van der Waals surface area (Å²) in [5.41, 5.74) is 0.695. The van der Waals surface area contributed by atoms with Gasteiger partial charge in [0.05, 0.1) is 0 Å². The SMILES string of the molecule is OCCCNCc1cc(O)cc(F)c1. The van der Waals surface area contributed by atoms with E-state index in [2.05, 4.69) is 5.32 Å². The second-order valence-electron chi connectivity index (χ2n) is 3.07. The first kappa shape index (κ1) is 10.9. The number of nitrogens with one attached hydrogen (secondary N) is 1. The highest BCUT2D eigenvalue weighted by molar-refractivity contribution is 5.28. The summed E-state index contributed by atoms with van der Waals surface area (Å²) in [6, 6.07) is 3.94. The van der Waals surface area contributed by atoms with Crippen LogP contribution in [0.15, 0.2) is 18.2 Å². The highest BCUT2D eigenvalue weighted by Crippen LogP contribution is 2.14. The standard InChI is InChI=1S/C10H14FNO2/c11-9-4-8(5-10(14)6-9)7-12-2-1-3-13/h4-6,12-14H,1-3,7H2. The molecule has 0 spiro atoms. The third-order valence-electron chi connectivity index (χ3n) is 1.78. The Kier molecular flexibility index (Phi) is 4.35. The second-order valence-corrected chi connectivity index (χ2v) is 3.07. The Morgan fingerprint density at radius 3 is 2.71 bits per heavy atom. The Balaban J connectivity index is 2.42. The molecular formula is C10H14FNO2. The molecule has 0 aliphatic carbocycles. The zero-order valence-electron chi connectivity index (χ0n) is 7.83. The first-order chi connectivity index (χ1) is 6.72. The molecule has 1 aromatic carbocycles. The molecule has 0 atom stereocenters. The maximum absolute atomic E-state index is 12.8. The van der Waals surface area contributed by atoms with Crippen molar-refractivity contribution >= 4 is 0 Å². The van der Waals surface area contributed by atoms with Crippen molar-refractivity contribution < 1.29 is 14.6 Å². The number of phenolic OH excluding ortho intramolecular Hbond substituents is 1. The van der Waals surface area contributed by atoms with Crippen molar-refractivity contribution in [2.75, 3.05) is 13.2 Å². The predicted molar refractivity (Wildman–Crippen MR) is 51.5 cm³/mol. The van der Waals surface area contributed by atoms with Crippen molar-refractivity contribution in [3.8, 4) is 5.75 Å². The minimum absolute atomic E-state index is 0.0658. The molecular weight excluding hydrogens is 185 g/mol. The fourth-order valence-corrected chi connectivity index (χ4v) is 1.17. The number of halogens is 1. The maximum Gasteiger partial charge on any atom is 0.127 e. The van der Waals surface area contributed by atoms with E-state index in [-0.39, 0.29) is 12.4 Å². The fourth-order valence-electron chi connectivity index (χ4n) is 1.17. The van der Waals surface area contributed by atoms with Crippen LogP contribution >= 0.6 is 0 Å². The first-order valence-corrected chi connectivity index (χ1v) is 4.52. The van der Waals surface area contributed by atoms with Crippen LogP contribution in [-0.2, 0) is 6.54 Å². The monoisotopic (exact) mass is 199 g/mol. The number of hydrogen-bond acceptors (Lipinski definition) is 3. The summed E-state index contributed by atoms with van der Waals surface area (Å²) in [5.74, 6) is -0.507. The zero-order valence-corrected chi connectivity index (χ0v) is 7.83. The molecule has 0 aromatic heterocycles. The zero-order chi connectivity index (χ0) is 10.4. The van der Waals surface area contributed by atoms with Gasteiger partial charge in [-0.25, -0.2) is 4.39 Å². The molecule has 0 fully saturated rings. The van der Waals surface area contributed by atoms with Crippen molar-refractivity contribution in [2.45, 2.75) is 13.0 Å². The average Bonchev–Trinajstić information content (AvgIpc) is 2.11. The van der Waals surface area contributed by atoms with E-state index in [0.717, 1.165) is 6.07 Å². The summed E-state index contributed by atoms with van der Waals surface area (Å²) < 4.78 is 12.8. The van der Waals surface area contributed by atoms with E-state index in [1.54, 1.807) is 0 Å². The predicted octanol–water partition coefficient (Wildman–Crippen LogP) is 1.00. The second kappa shape index (κ2) is 5.57. The molecule has 0 aliphatic rings. The van der Waals surface area contributed by atoms with E-state index in [1.165, 1.54) is 12.1 Å². The number of benzene rings is 1. The molecule has 0 saturated carbocycles. The van der Waals surface area contributed by atoms with Crippen LogP contribution in [0.4, 0.5) is 4.39 Å². The summed E-state index contributed by atoms with van der Waals surface area (Å²) in [6.45, 7) is 1.31. The van der Waals surface area contributed by atoms with E-state index < -0.39 is 5.82 Å². The fraction of sp³-hybridized carbons (Fsp3) is 0.400. The normalized spacial score (nSPS) is 10.4. The molecule has 0 radical (unpaired) electrons. The van der Waals surface area contributed by atoms with E-state index >= 15 is 0 Å². The number of aliphatic hydroxyl groups is 1. The Morgan fingerprint density at radius 1 is 1.29 bits per heavy atom. The van der Waals surface area contributed by atoms with E-state index in [1.807, 2.05) is 0 Å². The maximum atomic E-state index is 12.8. The molecule has 3 nitrogen and oxygen atoms in total. The van der Waals surface area contributed by atoms with Gasteiger partial charge in [-0.1, -0.05) is 0 Å². The quantitative estimate of drug-likeness (QED) is 0.620. The van der Waals surface area contributed by atoms with Gasteiger partial charge < -0.3 is 15.5 Å². The van der Waals surface area contributed by atoms with Crippen molar-refractivity contribution in [1.29, 1.82) is 0 Å². The number of aliphatic hydroxyl groups excluding tert-OH is 1. The molecule has 0 amide bonds. The highest BCUT2D eigenvalue weighted by atomic mass is 19.1. The van der Waals surface area contributed by atoms with E-state index in [0.29, 0.717) is 25.1 Å². The lowest BCUT2D eigenvalue weighted by molar-refractivity contribution is 0.286. The Hall–Kier alpha value is -1.13. The van der Waals surface area contributed by atoms with Gasteiger partial charge in [0.2, 0.25) is 0 Å². The van der Waals surface area contributed by atoms with Crippen LogP contribution < -0.4 is 5.32 Å². The van der Waals surface area contributed by atoms with Gasteiger partial charge in [-0.3, -0.25) is 0 Å². The van der Waals surface area contributed by atoms with Gasteiger partial charge in [-0.15, -0.1) is 0 Å². The van der Waals surface area contributed by atoms with Crippen LogP contribution in [0.2, 0.25) is 0 Å². The van der Waals surface area contributed by atoms with Gasteiger partial charge in [0.25, 0.3) is 0 Å². The van der Waals surface area contributed by atoms with Gasteiger partial charge in [0, 0.05) is 19.2 Å². The average molecular weight is 199 g/mol. The Bertz CT molecular complexity index is 271. The molecule has 0 aliphatic heterocycles. The largest absolute Gasteiger partial charge is 0.508 e. The smallest absolute Gasteiger partial charge is 0.127 e.